The summed E-state index contributed by atoms with van der Waals surface area (Å²) < 4.78 is 0. The topological polar surface area (TPSA) is 29.1 Å². The molecule has 1 aliphatic carbocycles. The summed E-state index contributed by atoms with van der Waals surface area (Å²) >= 11 is 12.4. The van der Waals surface area contributed by atoms with Gasteiger partial charge >= 0.3 is 0 Å². The molecule has 120 valence electrons. The second-order valence-corrected chi connectivity index (χ2v) is 6.82. The Bertz CT molecular complexity index is 687. The summed E-state index contributed by atoms with van der Waals surface area (Å²) in [4.78, 5) is 12.5. The van der Waals surface area contributed by atoms with Gasteiger partial charge in [0.25, 0.3) is 0 Å². The van der Waals surface area contributed by atoms with Crippen LogP contribution in [0, 0.1) is 5.92 Å². The molecule has 0 spiro atoms. The van der Waals surface area contributed by atoms with Crippen molar-refractivity contribution in [2.24, 2.45) is 5.92 Å². The van der Waals surface area contributed by atoms with E-state index in [9.17, 15) is 4.79 Å². The lowest BCUT2D eigenvalue weighted by Crippen LogP contribution is -2.30. The molecule has 4 heteroatoms. The van der Waals surface area contributed by atoms with E-state index in [2.05, 4.69) is 5.32 Å². The lowest BCUT2D eigenvalue weighted by atomic mass is 9.80. The number of para-hydroxylation sites is 1. The molecule has 0 saturated heterocycles. The quantitative estimate of drug-likeness (QED) is 0.745. The standard InChI is InChI=1S/C19H19Cl2NO/c20-13-10-11-15(17(21)12-13)19(16-8-4-5-9-18(16)23)22-14-6-2-1-3-7-14/h1-3,6-7,10-12,16,19,22H,4-5,8-9H2/t16-,19-/m0/s1. The molecule has 0 heterocycles. The minimum Gasteiger partial charge on any atom is -0.377 e. The first kappa shape index (κ1) is 16.4. The predicted molar refractivity (Wildman–Crippen MR) is 96.2 cm³/mol. The average molecular weight is 348 g/mol. The molecule has 0 bridgehead atoms. The number of anilines is 1. The van der Waals surface area contributed by atoms with E-state index in [-0.39, 0.29) is 12.0 Å². The van der Waals surface area contributed by atoms with Crippen LogP contribution in [0.5, 0.6) is 0 Å². The number of carbonyl (C=O) groups excluding carboxylic acids is 1. The van der Waals surface area contributed by atoms with E-state index in [1.54, 1.807) is 6.07 Å². The second kappa shape index (κ2) is 7.37. The Kier molecular flexibility index (Phi) is 5.24. The van der Waals surface area contributed by atoms with E-state index in [0.29, 0.717) is 22.2 Å². The van der Waals surface area contributed by atoms with Crippen LogP contribution < -0.4 is 5.32 Å². The van der Waals surface area contributed by atoms with Crippen molar-refractivity contribution in [1.29, 1.82) is 0 Å². The molecular formula is C19H19Cl2NO. The zero-order chi connectivity index (χ0) is 16.2. The molecule has 0 unspecified atom stereocenters. The van der Waals surface area contributed by atoms with Crippen LogP contribution in [0.4, 0.5) is 5.69 Å². The van der Waals surface area contributed by atoms with E-state index in [4.69, 9.17) is 23.2 Å². The van der Waals surface area contributed by atoms with Gasteiger partial charge in [0.2, 0.25) is 0 Å². The fraction of sp³-hybridized carbons (Fsp3) is 0.316. The van der Waals surface area contributed by atoms with E-state index < -0.39 is 0 Å². The molecule has 2 aromatic carbocycles. The van der Waals surface area contributed by atoms with Crippen molar-refractivity contribution >= 4 is 34.7 Å². The largest absolute Gasteiger partial charge is 0.377 e. The zero-order valence-electron chi connectivity index (χ0n) is 12.8. The molecule has 0 aromatic heterocycles. The van der Waals surface area contributed by atoms with Gasteiger partial charge in [-0.05, 0) is 42.7 Å². The molecule has 1 fully saturated rings. The lowest BCUT2D eigenvalue weighted by molar-refractivity contribution is -0.125. The summed E-state index contributed by atoms with van der Waals surface area (Å²) in [5.41, 5.74) is 1.92. The molecule has 2 nitrogen and oxygen atoms in total. The van der Waals surface area contributed by atoms with Crippen molar-refractivity contribution in [2.75, 3.05) is 5.32 Å². The first-order valence-corrected chi connectivity index (χ1v) is 8.70. The van der Waals surface area contributed by atoms with Crippen LogP contribution >= 0.6 is 23.2 Å². The smallest absolute Gasteiger partial charge is 0.138 e. The fourth-order valence-electron chi connectivity index (χ4n) is 3.23. The van der Waals surface area contributed by atoms with E-state index in [0.717, 1.165) is 30.5 Å². The molecule has 3 rings (SSSR count). The number of carbonyl (C=O) groups is 1. The highest BCUT2D eigenvalue weighted by Crippen LogP contribution is 2.38. The maximum Gasteiger partial charge on any atom is 0.138 e. The third-order valence-corrected chi connectivity index (χ3v) is 4.96. The Morgan fingerprint density at radius 2 is 1.83 bits per heavy atom. The molecule has 0 aliphatic heterocycles. The summed E-state index contributed by atoms with van der Waals surface area (Å²) in [5.74, 6) is 0.262. The third-order valence-electron chi connectivity index (χ3n) is 4.40. The minimum absolute atomic E-state index is 0.0531. The maximum absolute atomic E-state index is 12.5. The molecule has 0 radical (unpaired) electrons. The van der Waals surface area contributed by atoms with Crippen LogP contribution in [0.25, 0.3) is 0 Å². The van der Waals surface area contributed by atoms with Gasteiger partial charge in [-0.3, -0.25) is 4.79 Å². The predicted octanol–water partition coefficient (Wildman–Crippen LogP) is 5.91. The molecule has 1 saturated carbocycles. The van der Waals surface area contributed by atoms with Gasteiger partial charge in [-0.1, -0.05) is 53.9 Å². The number of hydrogen-bond donors (Lipinski definition) is 1. The van der Waals surface area contributed by atoms with Crippen LogP contribution in [-0.4, -0.2) is 5.78 Å². The highest BCUT2D eigenvalue weighted by molar-refractivity contribution is 6.35. The van der Waals surface area contributed by atoms with E-state index in [1.165, 1.54) is 0 Å². The zero-order valence-corrected chi connectivity index (χ0v) is 14.3. The number of hydrogen-bond acceptors (Lipinski definition) is 2. The molecule has 0 amide bonds. The van der Waals surface area contributed by atoms with Crippen molar-refractivity contribution in [3.8, 4) is 0 Å². The summed E-state index contributed by atoms with van der Waals surface area (Å²) in [6, 6.07) is 15.3. The maximum atomic E-state index is 12.5. The van der Waals surface area contributed by atoms with Crippen LogP contribution in [0.2, 0.25) is 10.0 Å². The highest BCUT2D eigenvalue weighted by Gasteiger charge is 2.32. The monoisotopic (exact) mass is 347 g/mol. The van der Waals surface area contributed by atoms with Gasteiger partial charge < -0.3 is 5.32 Å². The fourth-order valence-corrected chi connectivity index (χ4v) is 3.75. The van der Waals surface area contributed by atoms with Gasteiger partial charge in [-0.25, -0.2) is 0 Å². The summed E-state index contributed by atoms with van der Waals surface area (Å²) in [5, 5.41) is 4.71. The van der Waals surface area contributed by atoms with Crippen molar-refractivity contribution in [3.63, 3.8) is 0 Å². The normalized spacial score (nSPS) is 19.4. The van der Waals surface area contributed by atoms with Crippen molar-refractivity contribution in [1.82, 2.24) is 0 Å². The Morgan fingerprint density at radius 1 is 1.04 bits per heavy atom. The summed E-state index contributed by atoms with van der Waals surface area (Å²) in [6.45, 7) is 0. The van der Waals surface area contributed by atoms with Gasteiger partial charge in [0, 0.05) is 28.1 Å². The molecule has 23 heavy (non-hydrogen) atoms. The molecular weight excluding hydrogens is 329 g/mol. The third kappa shape index (κ3) is 3.88. The Balaban J connectivity index is 1.96. The number of rotatable bonds is 4. The molecule has 2 aromatic rings. The number of benzene rings is 2. The number of ketones is 1. The lowest BCUT2D eigenvalue weighted by Gasteiger charge is -2.31. The highest BCUT2D eigenvalue weighted by atomic mass is 35.5. The van der Waals surface area contributed by atoms with Gasteiger partial charge in [0.1, 0.15) is 5.78 Å². The molecule has 1 N–H and O–H groups in total. The Labute approximate surface area is 146 Å². The van der Waals surface area contributed by atoms with Crippen molar-refractivity contribution in [2.45, 2.75) is 31.7 Å². The van der Waals surface area contributed by atoms with Gasteiger partial charge in [0.15, 0.2) is 0 Å². The first-order valence-electron chi connectivity index (χ1n) is 7.94. The molecule has 1 aliphatic rings. The SMILES string of the molecule is O=C1CCCC[C@@H]1[C@@H](Nc1ccccc1)c1ccc(Cl)cc1Cl. The van der Waals surface area contributed by atoms with Crippen molar-refractivity contribution in [3.05, 3.63) is 64.1 Å². The average Bonchev–Trinajstić information content (AvgIpc) is 2.55. The second-order valence-electron chi connectivity index (χ2n) is 5.97. The van der Waals surface area contributed by atoms with Crippen LogP contribution in [0.3, 0.4) is 0 Å². The Hall–Kier alpha value is -1.51. The van der Waals surface area contributed by atoms with Crippen LogP contribution in [0.1, 0.15) is 37.3 Å². The van der Waals surface area contributed by atoms with Crippen molar-refractivity contribution < 1.29 is 4.79 Å². The van der Waals surface area contributed by atoms with E-state index >= 15 is 0 Å². The van der Waals surface area contributed by atoms with Crippen LogP contribution in [-0.2, 0) is 4.79 Å². The summed E-state index contributed by atoms with van der Waals surface area (Å²) in [6.07, 6.45) is 3.61. The van der Waals surface area contributed by atoms with E-state index in [1.807, 2.05) is 42.5 Å². The number of nitrogens with one attached hydrogen (secondary N) is 1. The molecule has 2 atom stereocenters. The minimum atomic E-state index is -0.130. The van der Waals surface area contributed by atoms with Gasteiger partial charge in [0.05, 0.1) is 6.04 Å². The number of Topliss-reactive ketones (excluding diaryl/α,β-unsaturated/α-hetero) is 1. The number of halogens is 2. The van der Waals surface area contributed by atoms with Gasteiger partial charge in [-0.15, -0.1) is 0 Å². The van der Waals surface area contributed by atoms with Crippen LogP contribution in [0.15, 0.2) is 48.5 Å². The first-order chi connectivity index (χ1) is 11.1. The summed E-state index contributed by atoms with van der Waals surface area (Å²) in [7, 11) is 0. The van der Waals surface area contributed by atoms with Gasteiger partial charge in [-0.2, -0.15) is 0 Å². The Morgan fingerprint density at radius 3 is 2.52 bits per heavy atom.